The third kappa shape index (κ3) is 4.15. The molecule has 3 rings (SSSR count). The molecule has 138 valence electrons. The molecule has 1 aromatic heterocycles. The van der Waals surface area contributed by atoms with Crippen LogP contribution in [0.4, 0.5) is 5.69 Å². The number of nitro benzene ring substituents is 1. The lowest BCUT2D eigenvalue weighted by atomic mass is 10.1. The fourth-order valence-electron chi connectivity index (χ4n) is 2.75. The molecule has 0 aliphatic heterocycles. The molecule has 0 atom stereocenters. The number of carbonyl (C=O) groups excluding carboxylic acids is 1. The first-order valence-electron chi connectivity index (χ1n) is 8.25. The van der Waals surface area contributed by atoms with Gasteiger partial charge in [0.05, 0.1) is 16.9 Å². The molecule has 6 nitrogen and oxygen atoms in total. The Bertz CT molecular complexity index is 980. The van der Waals surface area contributed by atoms with E-state index in [-0.39, 0.29) is 18.1 Å². The van der Waals surface area contributed by atoms with Gasteiger partial charge in [0.25, 0.3) is 11.6 Å². The second kappa shape index (κ2) is 8.01. The van der Waals surface area contributed by atoms with E-state index in [1.165, 1.54) is 17.4 Å². The Hall–Kier alpha value is -3.19. The van der Waals surface area contributed by atoms with Crippen molar-refractivity contribution in [3.05, 3.63) is 80.0 Å². The first kappa shape index (κ1) is 18.6. The van der Waals surface area contributed by atoms with Crippen LogP contribution in [-0.4, -0.2) is 17.9 Å². The highest BCUT2D eigenvalue weighted by Crippen LogP contribution is 2.32. The van der Waals surface area contributed by atoms with Crippen molar-refractivity contribution >= 4 is 22.9 Å². The Labute approximate surface area is 160 Å². The molecule has 0 unspecified atom stereocenters. The van der Waals surface area contributed by atoms with Gasteiger partial charge >= 0.3 is 0 Å². The predicted molar refractivity (Wildman–Crippen MR) is 105 cm³/mol. The lowest BCUT2D eigenvalue weighted by Gasteiger charge is -2.04. The van der Waals surface area contributed by atoms with Crippen LogP contribution in [0, 0.1) is 17.0 Å². The number of carbonyl (C=O) groups is 1. The summed E-state index contributed by atoms with van der Waals surface area (Å²) in [5.74, 6) is 0.523. The highest BCUT2D eigenvalue weighted by molar-refractivity contribution is 7.14. The van der Waals surface area contributed by atoms with Gasteiger partial charge < -0.3 is 10.1 Å². The average molecular weight is 382 g/mol. The number of methoxy groups -OCH3 is 1. The van der Waals surface area contributed by atoms with E-state index < -0.39 is 4.92 Å². The number of nitrogens with one attached hydrogen (secondary N) is 1. The van der Waals surface area contributed by atoms with Crippen molar-refractivity contribution in [2.45, 2.75) is 13.5 Å². The zero-order valence-electron chi connectivity index (χ0n) is 14.9. The maximum absolute atomic E-state index is 12.5. The third-order valence-electron chi connectivity index (χ3n) is 4.17. The topological polar surface area (TPSA) is 81.5 Å². The van der Waals surface area contributed by atoms with Crippen LogP contribution in [0.2, 0.25) is 0 Å². The minimum atomic E-state index is -0.446. The molecule has 1 N–H and O–H groups in total. The van der Waals surface area contributed by atoms with Crippen LogP contribution in [0.1, 0.15) is 20.1 Å². The number of nitrogens with zero attached hydrogens (tertiary/aromatic N) is 1. The summed E-state index contributed by atoms with van der Waals surface area (Å²) < 4.78 is 5.17. The molecule has 0 spiro atoms. The maximum atomic E-state index is 12.5. The highest BCUT2D eigenvalue weighted by atomic mass is 32.1. The van der Waals surface area contributed by atoms with E-state index in [9.17, 15) is 14.9 Å². The average Bonchev–Trinajstić information content (AvgIpc) is 3.08. The van der Waals surface area contributed by atoms with Gasteiger partial charge in [0.1, 0.15) is 5.75 Å². The van der Waals surface area contributed by atoms with Crippen molar-refractivity contribution in [3.63, 3.8) is 0 Å². The van der Waals surface area contributed by atoms with E-state index in [1.807, 2.05) is 37.3 Å². The van der Waals surface area contributed by atoms with Gasteiger partial charge in [-0.25, -0.2) is 0 Å². The summed E-state index contributed by atoms with van der Waals surface area (Å²) in [6.45, 7) is 2.06. The molecular formula is C20H18N2O4S. The van der Waals surface area contributed by atoms with E-state index in [1.54, 1.807) is 25.3 Å². The predicted octanol–water partition coefficient (Wildman–Crippen LogP) is 4.57. The summed E-state index contributed by atoms with van der Waals surface area (Å²) in [6.07, 6.45) is 0. The van der Waals surface area contributed by atoms with Crippen LogP contribution in [-0.2, 0) is 6.54 Å². The van der Waals surface area contributed by atoms with Crippen LogP contribution in [0.3, 0.4) is 0 Å². The molecule has 0 aliphatic carbocycles. The standard InChI is InChI=1S/C20H18N2O4S/c1-13-17(14-7-9-16(26-2)10-8-14)11-19(27-13)20(23)21-12-15-5-3-4-6-18(15)22(24)25/h3-11H,12H2,1-2H3,(H,21,23). The van der Waals surface area contributed by atoms with Gasteiger partial charge in [-0.1, -0.05) is 30.3 Å². The fraction of sp³-hybridized carbons (Fsp3) is 0.150. The number of benzene rings is 2. The second-order valence-corrected chi connectivity index (χ2v) is 7.13. The van der Waals surface area contributed by atoms with Crippen LogP contribution in [0.5, 0.6) is 5.75 Å². The zero-order valence-corrected chi connectivity index (χ0v) is 15.7. The minimum absolute atomic E-state index is 0.000850. The molecule has 0 bridgehead atoms. The van der Waals surface area contributed by atoms with Crippen molar-refractivity contribution in [1.29, 1.82) is 0 Å². The molecule has 1 amide bonds. The number of amides is 1. The van der Waals surface area contributed by atoms with Gasteiger partial charge in [-0.05, 0) is 36.2 Å². The Morgan fingerprint density at radius 1 is 1.19 bits per heavy atom. The van der Waals surface area contributed by atoms with Gasteiger partial charge in [-0.2, -0.15) is 0 Å². The number of rotatable bonds is 6. The summed E-state index contributed by atoms with van der Waals surface area (Å²) in [6, 6.07) is 15.9. The monoisotopic (exact) mass is 382 g/mol. The van der Waals surface area contributed by atoms with Crippen LogP contribution < -0.4 is 10.1 Å². The highest BCUT2D eigenvalue weighted by Gasteiger charge is 2.16. The van der Waals surface area contributed by atoms with Gasteiger partial charge in [-0.3, -0.25) is 14.9 Å². The summed E-state index contributed by atoms with van der Waals surface area (Å²) in [7, 11) is 1.62. The van der Waals surface area contributed by atoms with Crippen molar-refractivity contribution in [3.8, 4) is 16.9 Å². The Morgan fingerprint density at radius 2 is 1.89 bits per heavy atom. The largest absolute Gasteiger partial charge is 0.497 e. The number of hydrogen-bond donors (Lipinski definition) is 1. The Balaban J connectivity index is 1.75. The van der Waals surface area contributed by atoms with Crippen molar-refractivity contribution in [1.82, 2.24) is 5.32 Å². The number of hydrogen-bond acceptors (Lipinski definition) is 5. The molecule has 0 fully saturated rings. The summed E-state index contributed by atoms with van der Waals surface area (Å²) >= 11 is 1.40. The molecule has 0 saturated heterocycles. The van der Waals surface area contributed by atoms with E-state index >= 15 is 0 Å². The van der Waals surface area contributed by atoms with E-state index in [4.69, 9.17) is 4.74 Å². The molecule has 2 aromatic carbocycles. The SMILES string of the molecule is COc1ccc(-c2cc(C(=O)NCc3ccccc3[N+](=O)[O-])sc2C)cc1. The Kier molecular flexibility index (Phi) is 5.52. The second-order valence-electron chi connectivity index (χ2n) is 5.88. The molecule has 1 heterocycles. The van der Waals surface area contributed by atoms with Crippen LogP contribution in [0.25, 0.3) is 11.1 Å². The third-order valence-corrected chi connectivity index (χ3v) is 5.22. The van der Waals surface area contributed by atoms with Crippen molar-refractivity contribution < 1.29 is 14.5 Å². The van der Waals surface area contributed by atoms with Crippen LogP contribution in [0.15, 0.2) is 54.6 Å². The molecule has 0 radical (unpaired) electrons. The lowest BCUT2D eigenvalue weighted by Crippen LogP contribution is -2.22. The molecular weight excluding hydrogens is 364 g/mol. The van der Waals surface area contributed by atoms with E-state index in [2.05, 4.69) is 5.32 Å². The summed E-state index contributed by atoms with van der Waals surface area (Å²) in [5, 5.41) is 13.8. The first-order valence-corrected chi connectivity index (χ1v) is 9.06. The maximum Gasteiger partial charge on any atom is 0.274 e. The number of aryl methyl sites for hydroxylation is 1. The first-order chi connectivity index (χ1) is 13.0. The van der Waals surface area contributed by atoms with Gasteiger partial charge in [0, 0.05) is 23.1 Å². The van der Waals surface area contributed by atoms with Crippen molar-refractivity contribution in [2.75, 3.05) is 7.11 Å². The number of thiophene rings is 1. The normalized spacial score (nSPS) is 10.4. The fourth-order valence-corrected chi connectivity index (χ4v) is 3.71. The lowest BCUT2D eigenvalue weighted by molar-refractivity contribution is -0.385. The minimum Gasteiger partial charge on any atom is -0.497 e. The van der Waals surface area contributed by atoms with E-state index in [0.29, 0.717) is 10.4 Å². The summed E-state index contributed by atoms with van der Waals surface area (Å²) in [5.41, 5.74) is 2.46. The molecule has 27 heavy (non-hydrogen) atoms. The zero-order chi connectivity index (χ0) is 19.4. The number of ether oxygens (including phenoxy) is 1. The number of nitro groups is 1. The van der Waals surface area contributed by atoms with Gasteiger partial charge in [-0.15, -0.1) is 11.3 Å². The molecule has 0 saturated carbocycles. The van der Waals surface area contributed by atoms with E-state index in [0.717, 1.165) is 21.8 Å². The Morgan fingerprint density at radius 3 is 2.56 bits per heavy atom. The molecule has 3 aromatic rings. The smallest absolute Gasteiger partial charge is 0.274 e. The number of para-hydroxylation sites is 1. The summed E-state index contributed by atoms with van der Waals surface area (Å²) in [4.78, 5) is 24.7. The van der Waals surface area contributed by atoms with Gasteiger partial charge in [0.2, 0.25) is 0 Å². The quantitative estimate of drug-likeness (QED) is 0.500. The molecule has 0 aliphatic rings. The van der Waals surface area contributed by atoms with Crippen LogP contribution >= 0.6 is 11.3 Å². The van der Waals surface area contributed by atoms with Crippen molar-refractivity contribution in [2.24, 2.45) is 0 Å². The van der Waals surface area contributed by atoms with Gasteiger partial charge in [0.15, 0.2) is 0 Å². The molecule has 7 heteroatoms.